The van der Waals surface area contributed by atoms with Gasteiger partial charge in [0.15, 0.2) is 0 Å². The van der Waals surface area contributed by atoms with Crippen LogP contribution in [0.1, 0.15) is 5.56 Å². The molecule has 1 aromatic rings. The highest BCUT2D eigenvalue weighted by molar-refractivity contribution is 9.10. The van der Waals surface area contributed by atoms with Gasteiger partial charge in [0.05, 0.1) is 17.7 Å². The lowest BCUT2D eigenvalue weighted by Crippen LogP contribution is -1.91. The summed E-state index contributed by atoms with van der Waals surface area (Å²) in [6.45, 7) is 0. The van der Waals surface area contributed by atoms with Crippen molar-refractivity contribution in [2.45, 2.75) is 6.16 Å². The number of methoxy groups -OCH3 is 1. The molecule has 5 nitrogen and oxygen atoms in total. The van der Waals surface area contributed by atoms with Gasteiger partial charge >= 0.3 is 7.60 Å². The van der Waals surface area contributed by atoms with Crippen LogP contribution in [0.15, 0.2) is 16.6 Å². The van der Waals surface area contributed by atoms with Crippen LogP contribution >= 0.6 is 23.5 Å². The Morgan fingerprint density at radius 3 is 2.53 bits per heavy atom. The topological polar surface area (TPSA) is 87.0 Å². The molecule has 0 aliphatic rings. The highest BCUT2D eigenvalue weighted by Crippen LogP contribution is 2.44. The number of ether oxygens (including phenoxy) is 1. The van der Waals surface area contributed by atoms with Crippen LogP contribution in [0, 0.1) is 0 Å². The molecule has 0 unspecified atom stereocenters. The maximum absolute atomic E-state index is 10.8. The molecular weight excluding hydrogens is 287 g/mol. The van der Waals surface area contributed by atoms with Crippen LogP contribution in [0.3, 0.4) is 0 Å². The maximum atomic E-state index is 10.8. The van der Waals surface area contributed by atoms with Crippen LogP contribution in [0.5, 0.6) is 11.5 Å². The van der Waals surface area contributed by atoms with Gasteiger partial charge in [-0.05, 0) is 28.1 Å². The van der Waals surface area contributed by atoms with E-state index < -0.39 is 13.8 Å². The van der Waals surface area contributed by atoms with E-state index in [0.29, 0.717) is 10.2 Å². The Balaban J connectivity index is 3.16. The molecule has 0 aliphatic carbocycles. The summed E-state index contributed by atoms with van der Waals surface area (Å²) in [4.78, 5) is 17.6. The predicted octanol–water partition coefficient (Wildman–Crippen LogP) is 1.84. The van der Waals surface area contributed by atoms with E-state index in [2.05, 4.69) is 15.9 Å². The van der Waals surface area contributed by atoms with Gasteiger partial charge in [-0.1, -0.05) is 0 Å². The Bertz CT molecular complexity index is 414. The summed E-state index contributed by atoms with van der Waals surface area (Å²) in [6.07, 6.45) is -0.519. The smallest absolute Gasteiger partial charge is 0.330 e. The number of hydrogen-bond acceptors (Lipinski definition) is 3. The Kier molecular flexibility index (Phi) is 3.78. The number of benzene rings is 1. The predicted molar refractivity (Wildman–Crippen MR) is 58.1 cm³/mol. The standard InChI is InChI=1S/C8H10BrO5P/c1-14-6-2-5(4-15(11,12)13)8(10)7(9)3-6/h2-3,10H,4H2,1H3,(H2,11,12,13). The second-order valence-electron chi connectivity index (χ2n) is 2.94. The number of phenols is 1. The quantitative estimate of drug-likeness (QED) is 0.741. The summed E-state index contributed by atoms with van der Waals surface area (Å²) in [5, 5.41) is 9.54. The summed E-state index contributed by atoms with van der Waals surface area (Å²) in [5.41, 5.74) is 0.148. The first-order valence-corrected chi connectivity index (χ1v) is 6.52. The fourth-order valence-corrected chi connectivity index (χ4v) is 2.25. The second-order valence-corrected chi connectivity index (χ2v) is 5.44. The lowest BCUT2D eigenvalue weighted by atomic mass is 10.2. The van der Waals surface area contributed by atoms with E-state index in [1.165, 1.54) is 19.2 Å². The van der Waals surface area contributed by atoms with E-state index in [0.717, 1.165) is 0 Å². The Morgan fingerprint density at radius 2 is 2.07 bits per heavy atom. The number of aromatic hydroxyl groups is 1. The van der Waals surface area contributed by atoms with Crippen molar-refractivity contribution in [3.63, 3.8) is 0 Å². The first-order valence-electron chi connectivity index (χ1n) is 3.93. The Hall–Kier alpha value is -0.550. The van der Waals surface area contributed by atoms with E-state index in [1.54, 1.807) is 0 Å². The average molecular weight is 297 g/mol. The van der Waals surface area contributed by atoms with E-state index in [4.69, 9.17) is 14.5 Å². The monoisotopic (exact) mass is 296 g/mol. The zero-order valence-electron chi connectivity index (χ0n) is 7.85. The third-order valence-electron chi connectivity index (χ3n) is 1.73. The molecule has 7 heteroatoms. The third-order valence-corrected chi connectivity index (χ3v) is 3.08. The largest absolute Gasteiger partial charge is 0.506 e. The zero-order valence-corrected chi connectivity index (χ0v) is 10.3. The maximum Gasteiger partial charge on any atom is 0.330 e. The molecule has 15 heavy (non-hydrogen) atoms. The van der Waals surface area contributed by atoms with Crippen molar-refractivity contribution < 1.29 is 24.2 Å². The molecule has 0 bridgehead atoms. The zero-order chi connectivity index (χ0) is 11.6. The van der Waals surface area contributed by atoms with Crippen molar-refractivity contribution in [1.29, 1.82) is 0 Å². The van der Waals surface area contributed by atoms with Gasteiger partial charge in [-0.25, -0.2) is 0 Å². The highest BCUT2D eigenvalue weighted by atomic mass is 79.9. The van der Waals surface area contributed by atoms with Crippen LogP contribution in [-0.4, -0.2) is 22.0 Å². The Labute approximate surface area is 95.0 Å². The van der Waals surface area contributed by atoms with Crippen molar-refractivity contribution in [3.05, 3.63) is 22.2 Å². The van der Waals surface area contributed by atoms with Crippen molar-refractivity contribution >= 4 is 23.5 Å². The lowest BCUT2D eigenvalue weighted by Gasteiger charge is -2.10. The summed E-state index contributed by atoms with van der Waals surface area (Å²) in [5.74, 6) is 0.238. The summed E-state index contributed by atoms with van der Waals surface area (Å²) in [6, 6.07) is 2.90. The van der Waals surface area contributed by atoms with E-state index >= 15 is 0 Å². The summed E-state index contributed by atoms with van der Waals surface area (Å²) < 4.78 is 16.0. The molecule has 0 saturated heterocycles. The molecule has 0 amide bonds. The molecule has 0 aliphatic heterocycles. The van der Waals surface area contributed by atoms with Gasteiger partial charge in [-0.2, -0.15) is 0 Å². The van der Waals surface area contributed by atoms with Crippen LogP contribution in [-0.2, 0) is 10.7 Å². The lowest BCUT2D eigenvalue weighted by molar-refractivity contribution is 0.369. The number of hydrogen-bond donors (Lipinski definition) is 3. The first kappa shape index (κ1) is 12.5. The molecule has 0 radical (unpaired) electrons. The van der Waals surface area contributed by atoms with Crippen molar-refractivity contribution in [1.82, 2.24) is 0 Å². The second kappa shape index (κ2) is 4.53. The van der Waals surface area contributed by atoms with Crippen LogP contribution < -0.4 is 4.74 Å². The molecule has 1 aromatic carbocycles. The van der Waals surface area contributed by atoms with Crippen LogP contribution in [0.2, 0.25) is 0 Å². The highest BCUT2D eigenvalue weighted by Gasteiger charge is 2.19. The van der Waals surface area contributed by atoms with Crippen LogP contribution in [0.4, 0.5) is 0 Å². The van der Waals surface area contributed by atoms with Crippen molar-refractivity contribution in [2.75, 3.05) is 7.11 Å². The molecule has 1 rings (SSSR count). The molecular formula is C8H10BrO5P. The molecule has 3 N–H and O–H groups in total. The van der Waals surface area contributed by atoms with E-state index in [9.17, 15) is 9.67 Å². The third kappa shape index (κ3) is 3.50. The number of rotatable bonds is 3. The number of phenolic OH excluding ortho intramolecular Hbond substituents is 1. The minimum absolute atomic E-state index is 0.148. The average Bonchev–Trinajstić information content (AvgIpc) is 2.10. The van der Waals surface area contributed by atoms with Gasteiger partial charge in [-0.3, -0.25) is 4.57 Å². The normalized spacial score (nSPS) is 11.5. The van der Waals surface area contributed by atoms with Gasteiger partial charge < -0.3 is 19.6 Å². The Morgan fingerprint density at radius 1 is 1.47 bits per heavy atom. The van der Waals surface area contributed by atoms with Crippen molar-refractivity contribution in [2.24, 2.45) is 0 Å². The van der Waals surface area contributed by atoms with Crippen molar-refractivity contribution in [3.8, 4) is 11.5 Å². The van der Waals surface area contributed by atoms with E-state index in [-0.39, 0.29) is 11.3 Å². The van der Waals surface area contributed by atoms with Crippen LogP contribution in [0.25, 0.3) is 0 Å². The molecule has 84 valence electrons. The molecule has 0 atom stereocenters. The number of halogens is 1. The van der Waals surface area contributed by atoms with Gasteiger partial charge in [0.25, 0.3) is 0 Å². The van der Waals surface area contributed by atoms with Gasteiger partial charge in [-0.15, -0.1) is 0 Å². The molecule has 0 saturated carbocycles. The first-order chi connectivity index (χ1) is 6.83. The van der Waals surface area contributed by atoms with Gasteiger partial charge in [0.2, 0.25) is 0 Å². The van der Waals surface area contributed by atoms with Gasteiger partial charge in [0.1, 0.15) is 11.5 Å². The fourth-order valence-electron chi connectivity index (χ4n) is 1.09. The minimum Gasteiger partial charge on any atom is -0.506 e. The molecule has 0 aromatic heterocycles. The fraction of sp³-hybridized carbons (Fsp3) is 0.250. The SMILES string of the molecule is COc1cc(Br)c(O)c(CP(=O)(O)O)c1. The minimum atomic E-state index is -4.20. The van der Waals surface area contributed by atoms with E-state index in [1.807, 2.05) is 0 Å². The molecule has 0 fully saturated rings. The molecule has 0 heterocycles. The molecule has 0 spiro atoms. The summed E-state index contributed by atoms with van der Waals surface area (Å²) >= 11 is 3.06. The summed E-state index contributed by atoms with van der Waals surface area (Å²) in [7, 11) is -2.77. The van der Waals surface area contributed by atoms with Gasteiger partial charge in [0, 0.05) is 5.56 Å².